The Morgan fingerprint density at radius 3 is 2.44 bits per heavy atom. The molecule has 2 aliphatic rings. The number of primary amides is 1. The van der Waals surface area contributed by atoms with Gasteiger partial charge in [0.05, 0.1) is 11.2 Å². The van der Waals surface area contributed by atoms with Crippen molar-refractivity contribution >= 4 is 13.2 Å². The molecule has 18 heavy (non-hydrogen) atoms. The van der Waals surface area contributed by atoms with Crippen molar-refractivity contribution in [1.29, 1.82) is 0 Å². The Morgan fingerprint density at radius 1 is 1.39 bits per heavy atom. The van der Waals surface area contributed by atoms with Crippen LogP contribution < -0.4 is 5.73 Å². The first-order valence-corrected chi connectivity index (χ1v) is 6.23. The molecule has 100 valence electrons. The van der Waals surface area contributed by atoms with E-state index in [4.69, 9.17) is 19.8 Å². The summed E-state index contributed by atoms with van der Waals surface area (Å²) in [6, 6.07) is 0. The van der Waals surface area contributed by atoms with E-state index in [0.29, 0.717) is 0 Å². The maximum atomic E-state index is 10.7. The summed E-state index contributed by atoms with van der Waals surface area (Å²) >= 11 is 0. The minimum Gasteiger partial charge on any atom is -0.442 e. The molecule has 0 aromatic heterocycles. The maximum Gasteiger partial charge on any atom is 0.490 e. The van der Waals surface area contributed by atoms with Gasteiger partial charge < -0.3 is 19.8 Å². The van der Waals surface area contributed by atoms with Crippen LogP contribution in [0.2, 0.25) is 0 Å². The molecule has 0 radical (unpaired) electrons. The Labute approximate surface area is 108 Å². The Morgan fingerprint density at radius 2 is 1.94 bits per heavy atom. The lowest BCUT2D eigenvalue weighted by Crippen LogP contribution is -2.41. The molecule has 1 amide bonds. The smallest absolute Gasteiger partial charge is 0.442 e. The highest BCUT2D eigenvalue weighted by atomic mass is 16.7. The standard InChI is InChI=1S/C12H20BNO4/c1-11(2)12(3,4)18-13(17-11)8-5-6-9(7-8)16-10(14)15/h7,9H,5-6H2,1-4H3,(H2,14,15). The monoisotopic (exact) mass is 253 g/mol. The molecule has 1 unspecified atom stereocenters. The van der Waals surface area contributed by atoms with E-state index < -0.39 is 6.09 Å². The number of hydrogen-bond acceptors (Lipinski definition) is 4. The van der Waals surface area contributed by atoms with Crippen molar-refractivity contribution in [3.8, 4) is 0 Å². The third kappa shape index (κ3) is 2.40. The Bertz CT molecular complexity index is 376. The molecule has 0 bridgehead atoms. The van der Waals surface area contributed by atoms with E-state index in [-0.39, 0.29) is 24.4 Å². The SMILES string of the molecule is CC1(C)OB(C2=CC(OC(N)=O)CC2)OC1(C)C. The van der Waals surface area contributed by atoms with E-state index in [0.717, 1.165) is 18.3 Å². The highest BCUT2D eigenvalue weighted by molar-refractivity contribution is 6.54. The van der Waals surface area contributed by atoms with Crippen LogP contribution in [0.25, 0.3) is 0 Å². The number of nitrogens with two attached hydrogens (primary N) is 1. The number of hydrogen-bond donors (Lipinski definition) is 1. The zero-order valence-electron chi connectivity index (χ0n) is 11.4. The van der Waals surface area contributed by atoms with Gasteiger partial charge in [0.15, 0.2) is 0 Å². The molecule has 1 aliphatic heterocycles. The number of rotatable bonds is 2. The molecule has 1 heterocycles. The second kappa shape index (κ2) is 4.28. The molecule has 0 saturated carbocycles. The van der Waals surface area contributed by atoms with Gasteiger partial charge in [-0.3, -0.25) is 0 Å². The molecular formula is C12H20BNO4. The zero-order valence-corrected chi connectivity index (χ0v) is 11.4. The Hall–Kier alpha value is -1.01. The third-order valence-electron chi connectivity index (χ3n) is 3.94. The van der Waals surface area contributed by atoms with E-state index in [1.807, 2.05) is 33.8 Å². The van der Waals surface area contributed by atoms with Crippen LogP contribution in [0.15, 0.2) is 11.5 Å². The molecular weight excluding hydrogens is 233 g/mol. The first-order chi connectivity index (χ1) is 8.21. The molecule has 5 nitrogen and oxygen atoms in total. The van der Waals surface area contributed by atoms with E-state index in [1.165, 1.54) is 0 Å². The van der Waals surface area contributed by atoms with E-state index >= 15 is 0 Å². The first-order valence-electron chi connectivity index (χ1n) is 6.23. The van der Waals surface area contributed by atoms with Crippen molar-refractivity contribution in [3.05, 3.63) is 11.5 Å². The number of allylic oxidation sites excluding steroid dienone is 1. The summed E-state index contributed by atoms with van der Waals surface area (Å²) in [7, 11) is -0.350. The molecule has 0 spiro atoms. The second-order valence-electron chi connectivity index (χ2n) is 5.84. The fraction of sp³-hybridized carbons (Fsp3) is 0.750. The number of ether oxygens (including phenoxy) is 1. The van der Waals surface area contributed by atoms with Crippen LogP contribution in [0.5, 0.6) is 0 Å². The predicted octanol–water partition coefficient (Wildman–Crippen LogP) is 1.80. The van der Waals surface area contributed by atoms with Crippen molar-refractivity contribution in [1.82, 2.24) is 0 Å². The normalized spacial score (nSPS) is 29.2. The fourth-order valence-corrected chi connectivity index (χ4v) is 2.15. The molecule has 2 N–H and O–H groups in total. The quantitative estimate of drug-likeness (QED) is 0.761. The zero-order chi connectivity index (χ0) is 13.6. The van der Waals surface area contributed by atoms with Gasteiger partial charge in [-0.1, -0.05) is 0 Å². The summed E-state index contributed by atoms with van der Waals surface area (Å²) in [5.41, 5.74) is 5.34. The Balaban J connectivity index is 2.05. The lowest BCUT2D eigenvalue weighted by molar-refractivity contribution is 0.00578. The van der Waals surface area contributed by atoms with Crippen molar-refractivity contribution in [3.63, 3.8) is 0 Å². The molecule has 6 heteroatoms. The predicted molar refractivity (Wildman–Crippen MR) is 67.9 cm³/mol. The molecule has 1 aliphatic carbocycles. The van der Waals surface area contributed by atoms with Gasteiger partial charge in [0.2, 0.25) is 0 Å². The second-order valence-corrected chi connectivity index (χ2v) is 5.84. The van der Waals surface area contributed by atoms with Gasteiger partial charge in [0.25, 0.3) is 0 Å². The number of carbonyl (C=O) groups excluding carboxylic acids is 1. The van der Waals surface area contributed by atoms with Crippen LogP contribution in [0.4, 0.5) is 4.79 Å². The van der Waals surface area contributed by atoms with Gasteiger partial charge >= 0.3 is 13.2 Å². The summed E-state index contributed by atoms with van der Waals surface area (Å²) < 4.78 is 16.8. The van der Waals surface area contributed by atoms with Crippen molar-refractivity contribution in [2.24, 2.45) is 5.73 Å². The third-order valence-corrected chi connectivity index (χ3v) is 3.94. The highest BCUT2D eigenvalue weighted by Crippen LogP contribution is 2.40. The van der Waals surface area contributed by atoms with Crippen LogP contribution in [-0.2, 0) is 14.0 Å². The summed E-state index contributed by atoms with van der Waals surface area (Å²) in [6.45, 7) is 8.06. The average molecular weight is 253 g/mol. The van der Waals surface area contributed by atoms with Gasteiger partial charge in [-0.2, -0.15) is 0 Å². The van der Waals surface area contributed by atoms with E-state index in [1.54, 1.807) is 0 Å². The molecule has 0 aromatic carbocycles. The van der Waals surface area contributed by atoms with E-state index in [9.17, 15) is 4.79 Å². The van der Waals surface area contributed by atoms with Crippen molar-refractivity contribution in [2.45, 2.75) is 57.8 Å². The van der Waals surface area contributed by atoms with Crippen molar-refractivity contribution < 1.29 is 18.8 Å². The van der Waals surface area contributed by atoms with Gasteiger partial charge in [0.1, 0.15) is 6.10 Å². The largest absolute Gasteiger partial charge is 0.490 e. The topological polar surface area (TPSA) is 70.8 Å². The lowest BCUT2D eigenvalue weighted by atomic mass is 9.78. The van der Waals surface area contributed by atoms with Crippen LogP contribution >= 0.6 is 0 Å². The average Bonchev–Trinajstić information content (AvgIpc) is 2.70. The minimum absolute atomic E-state index is 0.253. The Kier molecular flexibility index (Phi) is 3.19. The highest BCUT2D eigenvalue weighted by Gasteiger charge is 2.52. The van der Waals surface area contributed by atoms with Crippen LogP contribution in [0.1, 0.15) is 40.5 Å². The summed E-state index contributed by atoms with van der Waals surface area (Å²) in [4.78, 5) is 10.7. The molecule has 2 rings (SSSR count). The van der Waals surface area contributed by atoms with Gasteiger partial charge in [-0.15, -0.1) is 0 Å². The summed E-state index contributed by atoms with van der Waals surface area (Å²) in [5.74, 6) is 0. The number of carbonyl (C=O) groups is 1. The van der Waals surface area contributed by atoms with Gasteiger partial charge in [0, 0.05) is 0 Å². The maximum absolute atomic E-state index is 10.7. The van der Waals surface area contributed by atoms with Crippen LogP contribution in [0, 0.1) is 0 Å². The van der Waals surface area contributed by atoms with E-state index in [2.05, 4.69) is 0 Å². The molecule has 1 saturated heterocycles. The fourth-order valence-electron chi connectivity index (χ4n) is 2.15. The summed E-state index contributed by atoms with van der Waals surface area (Å²) in [5, 5.41) is 0. The van der Waals surface area contributed by atoms with Gasteiger partial charge in [-0.05, 0) is 52.1 Å². The van der Waals surface area contributed by atoms with Crippen LogP contribution in [-0.4, -0.2) is 30.5 Å². The molecule has 1 atom stereocenters. The minimum atomic E-state index is -0.744. The molecule has 0 aromatic rings. The summed E-state index contributed by atoms with van der Waals surface area (Å²) in [6.07, 6.45) is 2.42. The molecule has 1 fully saturated rings. The van der Waals surface area contributed by atoms with Crippen molar-refractivity contribution in [2.75, 3.05) is 0 Å². The number of amides is 1. The van der Waals surface area contributed by atoms with Crippen LogP contribution in [0.3, 0.4) is 0 Å². The first kappa shape index (κ1) is 13.4. The lowest BCUT2D eigenvalue weighted by Gasteiger charge is -2.32. The van der Waals surface area contributed by atoms with Gasteiger partial charge in [-0.25, -0.2) is 4.79 Å².